The fourth-order valence-electron chi connectivity index (χ4n) is 3.40. The Morgan fingerprint density at radius 2 is 1.89 bits per heavy atom. The smallest absolute Gasteiger partial charge is 0.262 e. The molecule has 0 spiro atoms. The minimum Gasteiger partial charge on any atom is -0.484 e. The molecule has 0 saturated carbocycles. The lowest BCUT2D eigenvalue weighted by atomic mass is 10.0. The van der Waals surface area contributed by atoms with E-state index in [4.69, 9.17) is 32.7 Å². The molecule has 1 aliphatic rings. The molecule has 0 bridgehead atoms. The third kappa shape index (κ3) is 7.94. The molecule has 1 saturated heterocycles. The first kappa shape index (κ1) is 27.4. The summed E-state index contributed by atoms with van der Waals surface area (Å²) in [5, 5.41) is 7.28. The van der Waals surface area contributed by atoms with Gasteiger partial charge in [0.25, 0.3) is 17.7 Å². The van der Waals surface area contributed by atoms with Crippen LogP contribution in [0, 0.1) is 5.92 Å². The highest BCUT2D eigenvalue weighted by atomic mass is 35.5. The number of hydrazone groups is 1. The minimum atomic E-state index is -0.845. The second kappa shape index (κ2) is 13.2. The molecule has 1 fully saturated rings. The quantitative estimate of drug-likeness (QED) is 0.379. The largest absolute Gasteiger partial charge is 0.484 e. The highest BCUT2D eigenvalue weighted by molar-refractivity contribution is 6.36. The molecule has 1 atom stereocenters. The summed E-state index contributed by atoms with van der Waals surface area (Å²) in [5.74, 6) is -0.796. The standard InChI is InChI=1S/C25H28Cl2N4O5/c1-16(2)23(29-24(33)20-7-6-18(26)13-21(20)27)25(34)30-28-14-17-4-3-5-19(12-17)36-15-22(32)31-8-10-35-11-9-31/h3-7,12-14,16,23H,8-11,15H2,1-2H3,(H,29,33)(H,30,34). The van der Waals surface area contributed by atoms with E-state index in [9.17, 15) is 14.4 Å². The monoisotopic (exact) mass is 534 g/mol. The van der Waals surface area contributed by atoms with Gasteiger partial charge in [-0.05, 0) is 41.8 Å². The molecule has 192 valence electrons. The number of hydrogen-bond acceptors (Lipinski definition) is 6. The van der Waals surface area contributed by atoms with Gasteiger partial charge in [0.15, 0.2) is 6.61 Å². The van der Waals surface area contributed by atoms with E-state index in [-0.39, 0.29) is 29.0 Å². The van der Waals surface area contributed by atoms with Crippen LogP contribution in [0.4, 0.5) is 0 Å². The Balaban J connectivity index is 1.55. The van der Waals surface area contributed by atoms with E-state index in [1.165, 1.54) is 18.3 Å². The highest BCUT2D eigenvalue weighted by Crippen LogP contribution is 2.21. The van der Waals surface area contributed by atoms with E-state index >= 15 is 0 Å². The SMILES string of the molecule is CC(C)C(NC(=O)c1ccc(Cl)cc1Cl)C(=O)NN=Cc1cccc(OCC(=O)N2CCOCC2)c1. The predicted molar refractivity (Wildman–Crippen MR) is 138 cm³/mol. The molecule has 1 aliphatic heterocycles. The van der Waals surface area contributed by atoms with Gasteiger partial charge in [0.2, 0.25) is 0 Å². The Labute approximate surface area is 219 Å². The lowest BCUT2D eigenvalue weighted by molar-refractivity contribution is -0.137. The molecular weight excluding hydrogens is 507 g/mol. The van der Waals surface area contributed by atoms with E-state index in [0.717, 1.165) is 0 Å². The Morgan fingerprint density at radius 3 is 2.58 bits per heavy atom. The Bertz CT molecular complexity index is 1120. The van der Waals surface area contributed by atoms with Gasteiger partial charge in [-0.25, -0.2) is 5.43 Å². The number of nitrogens with one attached hydrogen (secondary N) is 2. The van der Waals surface area contributed by atoms with Crippen LogP contribution in [0.25, 0.3) is 0 Å². The highest BCUT2D eigenvalue weighted by Gasteiger charge is 2.25. The van der Waals surface area contributed by atoms with Crippen LogP contribution in [0.1, 0.15) is 29.8 Å². The summed E-state index contributed by atoms with van der Waals surface area (Å²) in [4.78, 5) is 39.3. The fourth-order valence-corrected chi connectivity index (χ4v) is 3.90. The molecule has 3 amide bonds. The number of carbonyl (C=O) groups excluding carboxylic acids is 3. The number of carbonyl (C=O) groups is 3. The average Bonchev–Trinajstić information content (AvgIpc) is 2.86. The van der Waals surface area contributed by atoms with Crippen molar-refractivity contribution in [3.05, 3.63) is 63.6 Å². The number of halogens is 2. The van der Waals surface area contributed by atoms with Crippen LogP contribution in [0.3, 0.4) is 0 Å². The normalized spacial score (nSPS) is 14.5. The zero-order chi connectivity index (χ0) is 26.1. The van der Waals surface area contributed by atoms with Crippen LogP contribution in [0.5, 0.6) is 5.75 Å². The lowest BCUT2D eigenvalue weighted by Gasteiger charge is -2.26. The average molecular weight is 535 g/mol. The lowest BCUT2D eigenvalue weighted by Crippen LogP contribution is -2.48. The van der Waals surface area contributed by atoms with Crippen molar-refractivity contribution in [2.24, 2.45) is 11.0 Å². The number of rotatable bonds is 9. The Hall–Kier alpha value is -3.14. The van der Waals surface area contributed by atoms with Crippen LogP contribution in [-0.2, 0) is 14.3 Å². The molecular formula is C25H28Cl2N4O5. The van der Waals surface area contributed by atoms with E-state index in [1.54, 1.807) is 49.1 Å². The molecule has 0 aliphatic carbocycles. The van der Waals surface area contributed by atoms with E-state index in [2.05, 4.69) is 15.8 Å². The molecule has 2 aromatic rings. The molecule has 9 nitrogen and oxygen atoms in total. The maximum atomic E-state index is 12.7. The summed E-state index contributed by atoms with van der Waals surface area (Å²) in [6, 6.07) is 10.6. The van der Waals surface area contributed by atoms with E-state index < -0.39 is 17.9 Å². The zero-order valence-corrected chi connectivity index (χ0v) is 21.5. The summed E-state index contributed by atoms with van der Waals surface area (Å²) in [6.07, 6.45) is 1.45. The van der Waals surface area contributed by atoms with Gasteiger partial charge in [-0.2, -0.15) is 5.10 Å². The maximum absolute atomic E-state index is 12.7. The van der Waals surface area contributed by atoms with Crippen LogP contribution >= 0.6 is 23.2 Å². The molecule has 1 heterocycles. The van der Waals surface area contributed by atoms with Crippen molar-refractivity contribution in [3.8, 4) is 5.75 Å². The van der Waals surface area contributed by atoms with Crippen molar-refractivity contribution >= 4 is 47.1 Å². The second-order valence-corrected chi connectivity index (χ2v) is 9.25. The molecule has 1 unspecified atom stereocenters. The van der Waals surface area contributed by atoms with Crippen molar-refractivity contribution in [1.29, 1.82) is 0 Å². The third-order valence-electron chi connectivity index (χ3n) is 5.38. The molecule has 11 heteroatoms. The van der Waals surface area contributed by atoms with Gasteiger partial charge in [0.05, 0.1) is 30.0 Å². The molecule has 2 N–H and O–H groups in total. The van der Waals surface area contributed by atoms with Gasteiger partial charge in [0, 0.05) is 18.1 Å². The summed E-state index contributed by atoms with van der Waals surface area (Å²) >= 11 is 12.0. The number of hydrogen-bond donors (Lipinski definition) is 2. The molecule has 0 radical (unpaired) electrons. The molecule has 0 aromatic heterocycles. The van der Waals surface area contributed by atoms with Crippen LogP contribution in [0.2, 0.25) is 10.0 Å². The third-order valence-corrected chi connectivity index (χ3v) is 5.93. The summed E-state index contributed by atoms with van der Waals surface area (Å²) in [6.45, 7) is 5.69. The topological polar surface area (TPSA) is 109 Å². The van der Waals surface area contributed by atoms with Crippen LogP contribution < -0.4 is 15.5 Å². The Kier molecular flexibility index (Phi) is 10.1. The number of ether oxygens (including phenoxy) is 2. The van der Waals surface area contributed by atoms with Crippen molar-refractivity contribution < 1.29 is 23.9 Å². The first-order valence-electron chi connectivity index (χ1n) is 11.4. The van der Waals surface area contributed by atoms with Gasteiger partial charge in [-0.1, -0.05) is 49.2 Å². The summed E-state index contributed by atoms with van der Waals surface area (Å²) in [7, 11) is 0. The van der Waals surface area contributed by atoms with Crippen molar-refractivity contribution in [1.82, 2.24) is 15.6 Å². The first-order chi connectivity index (χ1) is 17.2. The minimum absolute atomic E-state index is 0.0786. The second-order valence-electron chi connectivity index (χ2n) is 8.41. The van der Waals surface area contributed by atoms with Gasteiger partial charge >= 0.3 is 0 Å². The van der Waals surface area contributed by atoms with Crippen LogP contribution in [-0.4, -0.2) is 67.8 Å². The molecule has 36 heavy (non-hydrogen) atoms. The first-order valence-corrected chi connectivity index (χ1v) is 12.2. The van der Waals surface area contributed by atoms with E-state index in [0.29, 0.717) is 42.6 Å². The number of nitrogens with zero attached hydrogens (tertiary/aromatic N) is 2. The van der Waals surface area contributed by atoms with Gasteiger partial charge in [0.1, 0.15) is 11.8 Å². The number of amides is 3. The van der Waals surface area contributed by atoms with Crippen molar-refractivity contribution in [2.45, 2.75) is 19.9 Å². The zero-order valence-electron chi connectivity index (χ0n) is 20.0. The van der Waals surface area contributed by atoms with Gasteiger partial charge < -0.3 is 19.7 Å². The molecule has 2 aromatic carbocycles. The summed E-state index contributed by atoms with van der Waals surface area (Å²) in [5.41, 5.74) is 3.33. The van der Waals surface area contributed by atoms with Crippen molar-refractivity contribution in [3.63, 3.8) is 0 Å². The maximum Gasteiger partial charge on any atom is 0.262 e. The fraction of sp³-hybridized carbons (Fsp3) is 0.360. The van der Waals surface area contributed by atoms with Gasteiger partial charge in [-0.3, -0.25) is 14.4 Å². The summed E-state index contributed by atoms with van der Waals surface area (Å²) < 4.78 is 10.9. The van der Waals surface area contributed by atoms with Gasteiger partial charge in [-0.15, -0.1) is 0 Å². The van der Waals surface area contributed by atoms with E-state index in [1.807, 2.05) is 0 Å². The number of benzene rings is 2. The van der Waals surface area contributed by atoms with Crippen molar-refractivity contribution in [2.75, 3.05) is 32.9 Å². The number of morpholine rings is 1. The van der Waals surface area contributed by atoms with Crippen LogP contribution in [0.15, 0.2) is 47.6 Å². The molecule has 3 rings (SSSR count). The predicted octanol–water partition coefficient (Wildman–Crippen LogP) is 3.14. The Morgan fingerprint density at radius 1 is 1.14 bits per heavy atom.